The van der Waals surface area contributed by atoms with Crippen molar-refractivity contribution in [2.45, 2.75) is 32.7 Å². The highest BCUT2D eigenvalue weighted by Crippen LogP contribution is 2.19. The van der Waals surface area contributed by atoms with Gasteiger partial charge in [0.15, 0.2) is 0 Å². The van der Waals surface area contributed by atoms with E-state index in [1.165, 1.54) is 5.56 Å². The van der Waals surface area contributed by atoms with Crippen molar-refractivity contribution >= 4 is 5.91 Å². The van der Waals surface area contributed by atoms with Crippen LogP contribution in [0.4, 0.5) is 0 Å². The molecule has 0 spiro atoms. The van der Waals surface area contributed by atoms with E-state index in [0.29, 0.717) is 13.0 Å². The van der Waals surface area contributed by atoms with Crippen molar-refractivity contribution in [2.75, 3.05) is 6.54 Å². The van der Waals surface area contributed by atoms with Crippen LogP contribution in [-0.4, -0.2) is 22.3 Å². The minimum absolute atomic E-state index is 0.191. The Kier molecular flexibility index (Phi) is 5.50. The second-order valence-corrected chi connectivity index (χ2v) is 5.29. The van der Waals surface area contributed by atoms with Gasteiger partial charge in [0.05, 0.1) is 0 Å². The van der Waals surface area contributed by atoms with Crippen molar-refractivity contribution in [1.29, 1.82) is 0 Å². The lowest BCUT2D eigenvalue weighted by atomic mass is 9.99. The molecule has 1 heterocycles. The van der Waals surface area contributed by atoms with E-state index in [2.05, 4.69) is 24.0 Å². The third kappa shape index (κ3) is 4.42. The second kappa shape index (κ2) is 7.58. The SMILES string of the molecule is CCN(Cc1ccccc1)C(=O)CC(C)c1cccnc1. The Morgan fingerprint density at radius 2 is 1.95 bits per heavy atom. The standard InChI is InChI=1S/C18H22N2O/c1-3-20(14-16-8-5-4-6-9-16)18(21)12-15(2)17-10-7-11-19-13-17/h4-11,13,15H,3,12,14H2,1-2H3. The Morgan fingerprint density at radius 1 is 1.19 bits per heavy atom. The second-order valence-electron chi connectivity index (χ2n) is 5.29. The first-order valence-corrected chi connectivity index (χ1v) is 7.42. The Labute approximate surface area is 126 Å². The average molecular weight is 282 g/mol. The highest BCUT2D eigenvalue weighted by molar-refractivity contribution is 5.77. The maximum Gasteiger partial charge on any atom is 0.223 e. The van der Waals surface area contributed by atoms with Crippen LogP contribution in [0.1, 0.15) is 37.3 Å². The molecule has 0 saturated carbocycles. The fourth-order valence-corrected chi connectivity index (χ4v) is 2.36. The molecule has 1 aromatic heterocycles. The zero-order valence-corrected chi connectivity index (χ0v) is 12.7. The molecular formula is C18H22N2O. The van der Waals surface area contributed by atoms with E-state index < -0.39 is 0 Å². The molecule has 0 saturated heterocycles. The Bertz CT molecular complexity index is 554. The van der Waals surface area contributed by atoms with Crippen LogP contribution in [-0.2, 0) is 11.3 Å². The number of hydrogen-bond donors (Lipinski definition) is 0. The van der Waals surface area contributed by atoms with Crippen LogP contribution in [0.15, 0.2) is 54.9 Å². The largest absolute Gasteiger partial charge is 0.339 e. The van der Waals surface area contributed by atoms with E-state index in [4.69, 9.17) is 0 Å². The van der Waals surface area contributed by atoms with E-state index in [-0.39, 0.29) is 11.8 Å². The van der Waals surface area contributed by atoms with Crippen LogP contribution in [0.25, 0.3) is 0 Å². The highest BCUT2D eigenvalue weighted by atomic mass is 16.2. The van der Waals surface area contributed by atoms with E-state index in [1.54, 1.807) is 6.20 Å². The maximum absolute atomic E-state index is 12.5. The van der Waals surface area contributed by atoms with Crippen molar-refractivity contribution in [3.05, 3.63) is 66.0 Å². The molecule has 0 aliphatic heterocycles. The van der Waals surface area contributed by atoms with Crippen LogP contribution < -0.4 is 0 Å². The number of aromatic nitrogens is 1. The first kappa shape index (κ1) is 15.2. The summed E-state index contributed by atoms with van der Waals surface area (Å²) in [4.78, 5) is 18.5. The minimum atomic E-state index is 0.191. The van der Waals surface area contributed by atoms with Crippen LogP contribution in [0.2, 0.25) is 0 Å². The van der Waals surface area contributed by atoms with Gasteiger partial charge in [-0.15, -0.1) is 0 Å². The number of carbonyl (C=O) groups is 1. The first-order valence-electron chi connectivity index (χ1n) is 7.42. The number of carbonyl (C=O) groups excluding carboxylic acids is 1. The van der Waals surface area contributed by atoms with E-state index in [0.717, 1.165) is 12.1 Å². The lowest BCUT2D eigenvalue weighted by molar-refractivity contribution is -0.131. The van der Waals surface area contributed by atoms with E-state index >= 15 is 0 Å². The van der Waals surface area contributed by atoms with Crippen LogP contribution in [0, 0.1) is 0 Å². The predicted octanol–water partition coefficient (Wildman–Crippen LogP) is 3.62. The molecule has 2 aromatic rings. The third-order valence-corrected chi connectivity index (χ3v) is 3.68. The third-order valence-electron chi connectivity index (χ3n) is 3.68. The van der Waals surface area contributed by atoms with E-state index in [1.807, 2.05) is 48.4 Å². The molecule has 1 amide bonds. The van der Waals surface area contributed by atoms with Crippen molar-refractivity contribution in [1.82, 2.24) is 9.88 Å². The molecule has 1 aromatic carbocycles. The normalized spacial score (nSPS) is 11.9. The first-order chi connectivity index (χ1) is 10.2. The topological polar surface area (TPSA) is 33.2 Å². The molecular weight excluding hydrogens is 260 g/mol. The lowest BCUT2D eigenvalue weighted by Crippen LogP contribution is -2.31. The smallest absolute Gasteiger partial charge is 0.223 e. The summed E-state index contributed by atoms with van der Waals surface area (Å²) in [6.45, 7) is 5.50. The molecule has 3 nitrogen and oxygen atoms in total. The molecule has 0 radical (unpaired) electrons. The van der Waals surface area contributed by atoms with Gasteiger partial charge in [-0.3, -0.25) is 9.78 Å². The molecule has 3 heteroatoms. The minimum Gasteiger partial charge on any atom is -0.339 e. The average Bonchev–Trinajstić information content (AvgIpc) is 2.54. The Morgan fingerprint density at radius 3 is 2.57 bits per heavy atom. The molecule has 1 unspecified atom stereocenters. The zero-order valence-electron chi connectivity index (χ0n) is 12.7. The highest BCUT2D eigenvalue weighted by Gasteiger charge is 2.16. The van der Waals surface area contributed by atoms with E-state index in [9.17, 15) is 4.79 Å². The lowest BCUT2D eigenvalue weighted by Gasteiger charge is -2.23. The predicted molar refractivity (Wildman–Crippen MR) is 84.8 cm³/mol. The number of rotatable bonds is 6. The van der Waals surface area contributed by atoms with Gasteiger partial charge in [0.1, 0.15) is 0 Å². The summed E-state index contributed by atoms with van der Waals surface area (Å²) in [6, 6.07) is 14.1. The zero-order chi connectivity index (χ0) is 15.1. The quantitative estimate of drug-likeness (QED) is 0.810. The summed E-state index contributed by atoms with van der Waals surface area (Å²) in [5.41, 5.74) is 2.28. The summed E-state index contributed by atoms with van der Waals surface area (Å²) in [7, 11) is 0. The van der Waals surface area contributed by atoms with Gasteiger partial charge in [0.2, 0.25) is 5.91 Å². The molecule has 110 valence electrons. The number of hydrogen-bond acceptors (Lipinski definition) is 2. The molecule has 0 aliphatic carbocycles. The fraction of sp³-hybridized carbons (Fsp3) is 0.333. The summed E-state index contributed by atoms with van der Waals surface area (Å²) in [6.07, 6.45) is 4.11. The maximum atomic E-state index is 12.5. The molecule has 0 fully saturated rings. The van der Waals surface area contributed by atoms with Crippen molar-refractivity contribution in [2.24, 2.45) is 0 Å². The van der Waals surface area contributed by atoms with Gasteiger partial charge >= 0.3 is 0 Å². The van der Waals surface area contributed by atoms with Gasteiger partial charge in [-0.2, -0.15) is 0 Å². The van der Waals surface area contributed by atoms with Gasteiger partial charge < -0.3 is 4.90 Å². The number of amides is 1. The molecule has 0 bridgehead atoms. The molecule has 2 rings (SSSR count). The molecule has 0 aliphatic rings. The van der Waals surface area contributed by atoms with Gasteiger partial charge in [-0.1, -0.05) is 43.3 Å². The fourth-order valence-electron chi connectivity index (χ4n) is 2.36. The van der Waals surface area contributed by atoms with Gasteiger partial charge in [0, 0.05) is 31.9 Å². The Balaban J connectivity index is 1.97. The Hall–Kier alpha value is -2.16. The summed E-state index contributed by atoms with van der Waals surface area (Å²) < 4.78 is 0. The monoisotopic (exact) mass is 282 g/mol. The number of pyridine rings is 1. The van der Waals surface area contributed by atoms with Crippen LogP contribution >= 0.6 is 0 Å². The summed E-state index contributed by atoms with van der Waals surface area (Å²) >= 11 is 0. The summed E-state index contributed by atoms with van der Waals surface area (Å²) in [5.74, 6) is 0.383. The van der Waals surface area contributed by atoms with Gasteiger partial charge in [0.25, 0.3) is 0 Å². The molecule has 1 atom stereocenters. The van der Waals surface area contributed by atoms with Gasteiger partial charge in [-0.25, -0.2) is 0 Å². The molecule has 0 N–H and O–H groups in total. The van der Waals surface area contributed by atoms with Crippen molar-refractivity contribution in [3.63, 3.8) is 0 Å². The number of benzene rings is 1. The van der Waals surface area contributed by atoms with Crippen molar-refractivity contribution in [3.8, 4) is 0 Å². The van der Waals surface area contributed by atoms with Crippen LogP contribution in [0.5, 0.6) is 0 Å². The number of nitrogens with zero attached hydrogens (tertiary/aromatic N) is 2. The summed E-state index contributed by atoms with van der Waals surface area (Å²) in [5, 5.41) is 0. The van der Waals surface area contributed by atoms with Crippen LogP contribution in [0.3, 0.4) is 0 Å². The van der Waals surface area contributed by atoms with Crippen molar-refractivity contribution < 1.29 is 4.79 Å². The molecule has 21 heavy (non-hydrogen) atoms. The van der Waals surface area contributed by atoms with Gasteiger partial charge in [-0.05, 0) is 30.0 Å².